The van der Waals surface area contributed by atoms with E-state index in [2.05, 4.69) is 43.1 Å². The minimum absolute atomic E-state index is 0.539. The average molecular weight is 173 g/mol. The van der Waals surface area contributed by atoms with E-state index in [0.29, 0.717) is 5.92 Å². The molecule has 1 aromatic carbocycles. The minimum Gasteiger partial charge on any atom is -0.385 e. The molecular formula is C12H15N. The Hall–Kier alpha value is -1.24. The van der Waals surface area contributed by atoms with Crippen LogP contribution in [-0.4, -0.2) is 6.54 Å². The molecular weight excluding hydrogens is 158 g/mol. The molecule has 0 bridgehead atoms. The summed E-state index contributed by atoms with van der Waals surface area (Å²) in [5, 5.41) is 3.42. The minimum atomic E-state index is 0.539. The van der Waals surface area contributed by atoms with Crippen molar-refractivity contribution in [3.63, 3.8) is 0 Å². The molecule has 0 fully saturated rings. The fourth-order valence-electron chi connectivity index (χ4n) is 1.91. The van der Waals surface area contributed by atoms with Crippen LogP contribution in [0.15, 0.2) is 30.9 Å². The molecule has 2 rings (SSSR count). The molecule has 13 heavy (non-hydrogen) atoms. The standard InChI is InChI=1S/C12H15N/c1-3-10-6-7-13-12-8-9(2)4-5-11(10)12/h3-5,8,10,13H,1,6-7H2,2H3. The number of benzene rings is 1. The van der Waals surface area contributed by atoms with E-state index >= 15 is 0 Å². The van der Waals surface area contributed by atoms with Gasteiger partial charge >= 0.3 is 0 Å². The predicted octanol–water partition coefficient (Wildman–Crippen LogP) is 3.08. The van der Waals surface area contributed by atoms with Crippen molar-refractivity contribution in [2.45, 2.75) is 19.3 Å². The predicted molar refractivity (Wildman–Crippen MR) is 57.2 cm³/mol. The molecule has 0 saturated heterocycles. The van der Waals surface area contributed by atoms with Crippen molar-refractivity contribution in [1.82, 2.24) is 0 Å². The zero-order chi connectivity index (χ0) is 9.26. The highest BCUT2D eigenvalue weighted by Gasteiger charge is 2.16. The number of nitrogens with one attached hydrogen (secondary N) is 1. The maximum absolute atomic E-state index is 3.88. The lowest BCUT2D eigenvalue weighted by Gasteiger charge is -2.24. The van der Waals surface area contributed by atoms with Gasteiger partial charge in [0.25, 0.3) is 0 Å². The molecule has 1 heteroatoms. The number of anilines is 1. The van der Waals surface area contributed by atoms with Crippen LogP contribution in [0.3, 0.4) is 0 Å². The van der Waals surface area contributed by atoms with Gasteiger partial charge in [-0.3, -0.25) is 0 Å². The third kappa shape index (κ3) is 1.46. The first-order chi connectivity index (χ1) is 6.31. The van der Waals surface area contributed by atoms with Gasteiger partial charge in [0.15, 0.2) is 0 Å². The van der Waals surface area contributed by atoms with Gasteiger partial charge in [0.05, 0.1) is 0 Å². The molecule has 0 amide bonds. The second-order valence-corrected chi connectivity index (χ2v) is 3.65. The first kappa shape index (κ1) is 8.36. The Bertz CT molecular complexity index is 328. The third-order valence-electron chi connectivity index (χ3n) is 2.66. The molecule has 1 aliphatic heterocycles. The van der Waals surface area contributed by atoms with Gasteiger partial charge in [0.1, 0.15) is 0 Å². The van der Waals surface area contributed by atoms with Gasteiger partial charge in [-0.1, -0.05) is 18.2 Å². The fraction of sp³-hybridized carbons (Fsp3) is 0.333. The quantitative estimate of drug-likeness (QED) is 0.643. The number of rotatable bonds is 1. The summed E-state index contributed by atoms with van der Waals surface area (Å²) >= 11 is 0. The van der Waals surface area contributed by atoms with Crippen molar-refractivity contribution in [2.24, 2.45) is 0 Å². The maximum Gasteiger partial charge on any atom is 0.0381 e. The zero-order valence-electron chi connectivity index (χ0n) is 8.01. The van der Waals surface area contributed by atoms with E-state index < -0.39 is 0 Å². The molecule has 1 unspecified atom stereocenters. The van der Waals surface area contributed by atoms with Gasteiger partial charge in [-0.2, -0.15) is 0 Å². The third-order valence-corrected chi connectivity index (χ3v) is 2.66. The molecule has 1 heterocycles. The van der Waals surface area contributed by atoms with Crippen LogP contribution in [0.1, 0.15) is 23.5 Å². The average Bonchev–Trinajstić information content (AvgIpc) is 2.16. The van der Waals surface area contributed by atoms with Gasteiger partial charge in [-0.05, 0) is 30.5 Å². The van der Waals surface area contributed by atoms with Crippen LogP contribution < -0.4 is 5.32 Å². The maximum atomic E-state index is 3.88. The largest absolute Gasteiger partial charge is 0.385 e. The Morgan fingerprint density at radius 1 is 1.54 bits per heavy atom. The molecule has 1 atom stereocenters. The Kier molecular flexibility index (Phi) is 2.09. The topological polar surface area (TPSA) is 12.0 Å². The van der Waals surface area contributed by atoms with E-state index in [4.69, 9.17) is 0 Å². The molecule has 0 aliphatic carbocycles. The van der Waals surface area contributed by atoms with Gasteiger partial charge in [0.2, 0.25) is 0 Å². The monoisotopic (exact) mass is 173 g/mol. The molecule has 1 nitrogen and oxygen atoms in total. The summed E-state index contributed by atoms with van der Waals surface area (Å²) in [6, 6.07) is 6.59. The molecule has 0 aromatic heterocycles. The summed E-state index contributed by atoms with van der Waals surface area (Å²) in [6.45, 7) is 7.07. The van der Waals surface area contributed by atoms with Crippen molar-refractivity contribution >= 4 is 5.69 Å². The van der Waals surface area contributed by atoms with Crippen molar-refractivity contribution in [2.75, 3.05) is 11.9 Å². The molecule has 68 valence electrons. The zero-order valence-corrected chi connectivity index (χ0v) is 8.01. The van der Waals surface area contributed by atoms with E-state index in [-0.39, 0.29) is 0 Å². The first-order valence-electron chi connectivity index (χ1n) is 4.78. The Morgan fingerprint density at radius 3 is 3.15 bits per heavy atom. The summed E-state index contributed by atoms with van der Waals surface area (Å²) in [7, 11) is 0. The second kappa shape index (κ2) is 3.25. The Labute approximate surface area is 79.5 Å². The van der Waals surface area contributed by atoms with E-state index in [1.165, 1.54) is 23.2 Å². The lowest BCUT2D eigenvalue weighted by molar-refractivity contribution is 0.742. The molecule has 0 spiro atoms. The summed E-state index contributed by atoms with van der Waals surface area (Å²) in [5.74, 6) is 0.539. The van der Waals surface area contributed by atoms with Crippen molar-refractivity contribution in [1.29, 1.82) is 0 Å². The van der Waals surface area contributed by atoms with Gasteiger partial charge in [-0.15, -0.1) is 6.58 Å². The molecule has 0 radical (unpaired) electrons. The van der Waals surface area contributed by atoms with Crippen molar-refractivity contribution in [3.8, 4) is 0 Å². The summed E-state index contributed by atoms with van der Waals surface area (Å²) < 4.78 is 0. The molecule has 1 N–H and O–H groups in total. The van der Waals surface area contributed by atoms with E-state index in [1.807, 2.05) is 0 Å². The number of hydrogen-bond donors (Lipinski definition) is 1. The lowest BCUT2D eigenvalue weighted by atomic mass is 9.90. The Balaban J connectivity index is 2.45. The SMILES string of the molecule is C=CC1CCNc2cc(C)ccc21. The highest BCUT2D eigenvalue weighted by Crippen LogP contribution is 2.32. The van der Waals surface area contributed by atoms with Crippen LogP contribution in [0.5, 0.6) is 0 Å². The van der Waals surface area contributed by atoms with Crippen LogP contribution in [0.25, 0.3) is 0 Å². The molecule has 1 aromatic rings. The lowest BCUT2D eigenvalue weighted by Crippen LogP contribution is -2.15. The van der Waals surface area contributed by atoms with E-state index in [0.717, 1.165) is 6.54 Å². The van der Waals surface area contributed by atoms with E-state index in [1.54, 1.807) is 0 Å². The van der Waals surface area contributed by atoms with Crippen LogP contribution in [-0.2, 0) is 0 Å². The van der Waals surface area contributed by atoms with Gasteiger partial charge < -0.3 is 5.32 Å². The van der Waals surface area contributed by atoms with Gasteiger partial charge in [-0.25, -0.2) is 0 Å². The fourth-order valence-corrected chi connectivity index (χ4v) is 1.91. The normalized spacial score (nSPS) is 20.2. The van der Waals surface area contributed by atoms with Crippen molar-refractivity contribution in [3.05, 3.63) is 42.0 Å². The molecule has 1 aliphatic rings. The smallest absolute Gasteiger partial charge is 0.0381 e. The highest BCUT2D eigenvalue weighted by molar-refractivity contribution is 5.57. The number of aryl methyl sites for hydroxylation is 1. The second-order valence-electron chi connectivity index (χ2n) is 3.65. The first-order valence-corrected chi connectivity index (χ1v) is 4.78. The highest BCUT2D eigenvalue weighted by atomic mass is 14.9. The number of hydrogen-bond acceptors (Lipinski definition) is 1. The number of allylic oxidation sites excluding steroid dienone is 1. The number of fused-ring (bicyclic) bond motifs is 1. The van der Waals surface area contributed by atoms with Gasteiger partial charge in [0, 0.05) is 18.2 Å². The van der Waals surface area contributed by atoms with Crippen LogP contribution in [0.2, 0.25) is 0 Å². The molecule has 0 saturated carbocycles. The summed E-state index contributed by atoms with van der Waals surface area (Å²) in [4.78, 5) is 0. The van der Waals surface area contributed by atoms with E-state index in [9.17, 15) is 0 Å². The van der Waals surface area contributed by atoms with Crippen LogP contribution >= 0.6 is 0 Å². The Morgan fingerprint density at radius 2 is 2.38 bits per heavy atom. The summed E-state index contributed by atoms with van der Waals surface area (Å²) in [5.41, 5.74) is 4.00. The van der Waals surface area contributed by atoms with Crippen LogP contribution in [0, 0.1) is 6.92 Å². The van der Waals surface area contributed by atoms with Crippen LogP contribution in [0.4, 0.5) is 5.69 Å². The summed E-state index contributed by atoms with van der Waals surface area (Å²) in [6.07, 6.45) is 3.22. The van der Waals surface area contributed by atoms with Crippen molar-refractivity contribution < 1.29 is 0 Å².